The number of halogens is 10. The van der Waals surface area contributed by atoms with Gasteiger partial charge in [-0.1, -0.05) is 72.8 Å². The first kappa shape index (κ1) is 51.8. The molecule has 0 fully saturated rings. The lowest BCUT2D eigenvalue weighted by Crippen LogP contribution is -2.12. The van der Waals surface area contributed by atoms with Crippen molar-refractivity contribution in [2.45, 2.75) is 39.2 Å². The Hall–Kier alpha value is -6.62. The number of rotatable bonds is 10. The second kappa shape index (κ2) is 22.2. The third-order valence-electron chi connectivity index (χ3n) is 9.11. The quantitative estimate of drug-likeness (QED) is 0.0439. The summed E-state index contributed by atoms with van der Waals surface area (Å²) in [7, 11) is -11.9. The van der Waals surface area contributed by atoms with E-state index < -0.39 is 88.2 Å². The molecule has 8 aromatic carbocycles. The van der Waals surface area contributed by atoms with Gasteiger partial charge in [-0.25, -0.2) is 60.7 Å². The summed E-state index contributed by atoms with van der Waals surface area (Å²) in [6.45, 7) is 0. The summed E-state index contributed by atoms with van der Waals surface area (Å²) in [6.07, 6.45) is 0. The molecule has 0 aliphatic rings. The molecule has 8 aromatic rings. The van der Waals surface area contributed by atoms with Crippen LogP contribution in [0.4, 0.5) is 43.9 Å². The van der Waals surface area contributed by atoms with Crippen molar-refractivity contribution in [3.8, 4) is 11.5 Å². The average Bonchev–Trinajstić information content (AvgIpc) is 3.34. The van der Waals surface area contributed by atoms with Crippen LogP contribution in [0, 0.1) is 58.2 Å². The van der Waals surface area contributed by atoms with Crippen LogP contribution in [0.5, 0.6) is 11.5 Å². The summed E-state index contributed by atoms with van der Waals surface area (Å²) in [4.78, 5) is 3.01. The second-order valence-electron chi connectivity index (χ2n) is 13.6. The van der Waals surface area contributed by atoms with Gasteiger partial charge >= 0.3 is 0 Å². The molecule has 0 bridgehead atoms. The summed E-state index contributed by atoms with van der Waals surface area (Å²) in [5, 5.41) is 0. The topological polar surface area (TPSA) is 124 Å². The van der Waals surface area contributed by atoms with E-state index in [0.29, 0.717) is 0 Å². The predicted molar refractivity (Wildman–Crippen MR) is 231 cm³/mol. The first-order chi connectivity index (χ1) is 32.7. The van der Waals surface area contributed by atoms with Crippen molar-refractivity contribution in [3.63, 3.8) is 0 Å². The highest BCUT2D eigenvalue weighted by Crippen LogP contribution is 2.35. The molecule has 7 nitrogen and oxygen atoms in total. The summed E-state index contributed by atoms with van der Waals surface area (Å²) < 4.78 is 192. The lowest BCUT2D eigenvalue weighted by molar-refractivity contribution is 0.350. The molecule has 0 amide bonds. The molecule has 0 aromatic heterocycles. The molecule has 356 valence electrons. The van der Waals surface area contributed by atoms with Gasteiger partial charge in [0.2, 0.25) is 11.6 Å². The number of ether oxygens (including phenoxy) is 1. The highest BCUT2D eigenvalue weighted by molar-refractivity contribution is 7.97. The fraction of sp³-hybridized carbons (Fsp3) is 0. The predicted octanol–water partition coefficient (Wildman–Crippen LogP) is 12.2. The van der Waals surface area contributed by atoms with E-state index in [1.807, 2.05) is 0 Å². The van der Waals surface area contributed by atoms with Gasteiger partial charge in [0.25, 0.3) is 0 Å². The molecular weight excluding hydrogens is 1010 g/mol. The van der Waals surface area contributed by atoms with Gasteiger partial charge in [-0.2, -0.15) is 0 Å². The van der Waals surface area contributed by atoms with Crippen molar-refractivity contribution in [2.75, 3.05) is 0 Å². The van der Waals surface area contributed by atoms with E-state index in [2.05, 4.69) is 170 Å². The van der Waals surface area contributed by atoms with Gasteiger partial charge in [-0.3, -0.25) is 0 Å². The molecule has 0 N–H and O–H groups in total. The van der Waals surface area contributed by atoms with Gasteiger partial charge in [-0.05, 0) is 97.1 Å². The molecule has 21 heteroatoms. The standard InChI is InChI=1S/C36H28OS2.2C6HF5O3S/c1-5-13-31(14-6-1)38(32-15-7-2-8-16-32)35-25-21-29(22-26-35)37-30-23-27-36(28-24-30)39(33-17-9-3-10-18-33)34-19-11-4-12-20-34;2*7-1-2(8)4(10)6(15(12,13)14)5(11)3(1)9/h1-28H;2*(H,12,13,14)/q+2;;/p-2. The van der Waals surface area contributed by atoms with Crippen molar-refractivity contribution in [3.05, 3.63) is 228 Å². The fourth-order valence-corrected chi connectivity index (χ4v) is 11.5. The van der Waals surface area contributed by atoms with Gasteiger partial charge in [0, 0.05) is 0 Å². The first-order valence-electron chi connectivity index (χ1n) is 19.2. The Morgan fingerprint density at radius 3 is 0.681 bits per heavy atom. The normalized spacial score (nSPS) is 11.4. The second-order valence-corrected chi connectivity index (χ2v) is 20.3. The van der Waals surface area contributed by atoms with Crippen LogP contribution in [0.2, 0.25) is 0 Å². The molecule has 0 atom stereocenters. The zero-order valence-electron chi connectivity index (χ0n) is 34.4. The Labute approximate surface area is 393 Å². The zero-order chi connectivity index (χ0) is 50.2. The van der Waals surface area contributed by atoms with Crippen LogP contribution in [0.3, 0.4) is 0 Å². The summed E-state index contributed by atoms with van der Waals surface area (Å²) in [6, 6.07) is 59.9. The van der Waals surface area contributed by atoms with E-state index >= 15 is 0 Å². The minimum atomic E-state index is -5.77. The average molecular weight is 1030 g/mol. The van der Waals surface area contributed by atoms with Crippen LogP contribution in [0.15, 0.2) is 209 Å². The molecule has 0 radical (unpaired) electrons. The van der Waals surface area contributed by atoms with Crippen LogP contribution in [-0.2, 0) is 42.0 Å². The largest absolute Gasteiger partial charge is 0.744 e. The third-order valence-corrected chi connectivity index (χ3v) is 15.3. The number of benzene rings is 8. The molecule has 0 aliphatic carbocycles. The molecule has 0 heterocycles. The van der Waals surface area contributed by atoms with Gasteiger partial charge in [0.1, 0.15) is 41.5 Å². The van der Waals surface area contributed by atoms with Crippen LogP contribution >= 0.6 is 0 Å². The van der Waals surface area contributed by atoms with Gasteiger partial charge in [-0.15, -0.1) is 0 Å². The van der Waals surface area contributed by atoms with Gasteiger partial charge in [0.05, 0.1) is 21.8 Å². The summed E-state index contributed by atoms with van der Waals surface area (Å²) in [5.74, 6) is -24.0. The maximum Gasteiger partial charge on any atom is 0.200 e. The molecule has 0 saturated heterocycles. The molecule has 0 aliphatic heterocycles. The monoisotopic (exact) mass is 1030 g/mol. The highest BCUT2D eigenvalue weighted by Gasteiger charge is 2.32. The van der Waals surface area contributed by atoms with Crippen molar-refractivity contribution >= 4 is 42.0 Å². The molecule has 0 unspecified atom stereocenters. The molecule has 0 saturated carbocycles. The van der Waals surface area contributed by atoms with Crippen LogP contribution in [-0.4, -0.2) is 25.9 Å². The summed E-state index contributed by atoms with van der Waals surface area (Å²) in [5.41, 5.74) is 0. The first-order valence-corrected chi connectivity index (χ1v) is 24.5. The van der Waals surface area contributed by atoms with E-state index in [1.54, 1.807) is 0 Å². The van der Waals surface area contributed by atoms with Crippen LogP contribution in [0.1, 0.15) is 0 Å². The van der Waals surface area contributed by atoms with E-state index in [9.17, 15) is 69.8 Å². The van der Waals surface area contributed by atoms with E-state index in [-0.39, 0.29) is 21.8 Å². The minimum absolute atomic E-state index is 0.169. The van der Waals surface area contributed by atoms with Gasteiger partial charge in [0.15, 0.2) is 75.9 Å². The minimum Gasteiger partial charge on any atom is -0.744 e. The SMILES string of the molecule is O=S(=O)([O-])c1c(F)c(F)c(F)c(F)c1F.O=S(=O)([O-])c1c(F)c(F)c(F)c(F)c1F.c1ccc([S+](c2ccccc2)c2ccc(Oc3ccc([S+](c4ccccc4)c4ccccc4)cc3)cc2)cc1. The molecular formula is C48H28F10O7S4. The van der Waals surface area contributed by atoms with E-state index in [1.165, 1.54) is 29.4 Å². The molecule has 8 rings (SSSR count). The van der Waals surface area contributed by atoms with Crippen LogP contribution < -0.4 is 4.74 Å². The van der Waals surface area contributed by atoms with Crippen molar-refractivity contribution in [1.29, 1.82) is 0 Å². The molecule has 69 heavy (non-hydrogen) atoms. The lowest BCUT2D eigenvalue weighted by atomic mass is 10.3. The van der Waals surface area contributed by atoms with E-state index in [0.717, 1.165) is 11.5 Å². The van der Waals surface area contributed by atoms with Crippen molar-refractivity contribution in [1.82, 2.24) is 0 Å². The van der Waals surface area contributed by atoms with Crippen molar-refractivity contribution < 1.29 is 74.6 Å². The molecule has 0 spiro atoms. The maximum absolute atomic E-state index is 12.6. The van der Waals surface area contributed by atoms with Crippen LogP contribution in [0.25, 0.3) is 0 Å². The smallest absolute Gasteiger partial charge is 0.200 e. The van der Waals surface area contributed by atoms with E-state index in [4.69, 9.17) is 4.74 Å². The Balaban J connectivity index is 0.000000214. The summed E-state index contributed by atoms with van der Waals surface area (Å²) >= 11 is 0. The van der Waals surface area contributed by atoms with Crippen molar-refractivity contribution in [2.24, 2.45) is 0 Å². The fourth-order valence-electron chi connectivity index (χ4n) is 6.07. The maximum atomic E-state index is 12.6. The number of hydrogen-bond donors (Lipinski definition) is 0. The lowest BCUT2D eigenvalue weighted by Gasteiger charge is -2.10. The Morgan fingerprint density at radius 1 is 0.290 bits per heavy atom. The Kier molecular flexibility index (Phi) is 16.7. The number of hydrogen-bond acceptors (Lipinski definition) is 7. The highest BCUT2D eigenvalue weighted by atomic mass is 32.2. The zero-order valence-corrected chi connectivity index (χ0v) is 37.7. The third kappa shape index (κ3) is 12.2. The van der Waals surface area contributed by atoms with Gasteiger partial charge < -0.3 is 13.8 Å². The Bertz CT molecular complexity index is 2930. The Morgan fingerprint density at radius 2 is 0.478 bits per heavy atom.